The highest BCUT2D eigenvalue weighted by Gasteiger charge is 2.29. The van der Waals surface area contributed by atoms with E-state index in [1.165, 1.54) is 10.9 Å². The lowest BCUT2D eigenvalue weighted by Gasteiger charge is -2.08. The standard InChI is InChI=1S/C9H15N5O3S/c10-2-3-14-5-8(12-13-14)9(15)11-7-1-4-18(16,17)6-7/h5,7H,1-4,6,10H2,(H,11,15). The fraction of sp³-hybridized carbons (Fsp3) is 0.667. The minimum atomic E-state index is -3.00. The molecule has 1 aromatic rings. The fourth-order valence-corrected chi connectivity index (χ4v) is 3.49. The van der Waals surface area contributed by atoms with E-state index in [1.54, 1.807) is 0 Å². The molecule has 1 aliphatic heterocycles. The first-order chi connectivity index (χ1) is 8.50. The number of nitrogens with two attached hydrogens (primary N) is 1. The summed E-state index contributed by atoms with van der Waals surface area (Å²) in [6.07, 6.45) is 1.94. The van der Waals surface area contributed by atoms with E-state index in [4.69, 9.17) is 5.73 Å². The molecule has 0 aliphatic carbocycles. The molecule has 0 bridgehead atoms. The fourth-order valence-electron chi connectivity index (χ4n) is 1.81. The van der Waals surface area contributed by atoms with Crippen molar-refractivity contribution in [3.63, 3.8) is 0 Å². The van der Waals surface area contributed by atoms with E-state index in [2.05, 4.69) is 15.6 Å². The highest BCUT2D eigenvalue weighted by atomic mass is 32.2. The normalized spacial score (nSPS) is 21.9. The first-order valence-corrected chi connectivity index (χ1v) is 7.44. The summed E-state index contributed by atoms with van der Waals surface area (Å²) in [6, 6.07) is -0.331. The third-order valence-corrected chi connectivity index (χ3v) is 4.47. The molecule has 18 heavy (non-hydrogen) atoms. The molecule has 1 aromatic heterocycles. The van der Waals surface area contributed by atoms with E-state index in [0.717, 1.165) is 0 Å². The summed E-state index contributed by atoms with van der Waals surface area (Å²) < 4.78 is 24.0. The molecular formula is C9H15N5O3S. The minimum Gasteiger partial charge on any atom is -0.347 e. The predicted molar refractivity (Wildman–Crippen MR) is 63.6 cm³/mol. The van der Waals surface area contributed by atoms with Gasteiger partial charge in [0, 0.05) is 12.6 Å². The minimum absolute atomic E-state index is 0.00429. The molecule has 1 fully saturated rings. The Kier molecular flexibility index (Phi) is 3.62. The van der Waals surface area contributed by atoms with Crippen LogP contribution in [0.2, 0.25) is 0 Å². The Morgan fingerprint density at radius 3 is 3.00 bits per heavy atom. The lowest BCUT2D eigenvalue weighted by Crippen LogP contribution is -2.35. The van der Waals surface area contributed by atoms with Crippen LogP contribution in [0.25, 0.3) is 0 Å². The van der Waals surface area contributed by atoms with Gasteiger partial charge in [0.2, 0.25) is 0 Å². The van der Waals surface area contributed by atoms with Gasteiger partial charge in [0.15, 0.2) is 15.5 Å². The van der Waals surface area contributed by atoms with Crippen molar-refractivity contribution < 1.29 is 13.2 Å². The monoisotopic (exact) mass is 273 g/mol. The molecule has 1 amide bonds. The molecule has 0 saturated carbocycles. The van der Waals surface area contributed by atoms with Crippen LogP contribution in [-0.4, -0.2) is 53.4 Å². The number of amides is 1. The van der Waals surface area contributed by atoms with Crippen molar-refractivity contribution in [1.29, 1.82) is 0 Å². The summed E-state index contributed by atoms with van der Waals surface area (Å²) in [4.78, 5) is 11.8. The van der Waals surface area contributed by atoms with E-state index in [0.29, 0.717) is 19.5 Å². The van der Waals surface area contributed by atoms with E-state index in [1.807, 2.05) is 0 Å². The number of rotatable bonds is 4. The zero-order valence-corrected chi connectivity index (χ0v) is 10.6. The quantitative estimate of drug-likeness (QED) is 0.664. The Hall–Kier alpha value is -1.48. The van der Waals surface area contributed by atoms with Gasteiger partial charge >= 0.3 is 0 Å². The van der Waals surface area contributed by atoms with Crippen LogP contribution in [0, 0.1) is 0 Å². The van der Waals surface area contributed by atoms with E-state index in [-0.39, 0.29) is 23.2 Å². The Balaban J connectivity index is 1.95. The average molecular weight is 273 g/mol. The van der Waals surface area contributed by atoms with Gasteiger partial charge in [-0.25, -0.2) is 8.42 Å². The molecule has 2 heterocycles. The third-order valence-electron chi connectivity index (χ3n) is 2.70. The Bertz CT molecular complexity index is 538. The molecule has 1 unspecified atom stereocenters. The van der Waals surface area contributed by atoms with Gasteiger partial charge in [0.05, 0.1) is 24.2 Å². The van der Waals surface area contributed by atoms with Gasteiger partial charge in [-0.1, -0.05) is 5.21 Å². The number of nitrogens with one attached hydrogen (secondary N) is 1. The molecular weight excluding hydrogens is 258 g/mol. The molecule has 1 saturated heterocycles. The van der Waals surface area contributed by atoms with Crippen LogP contribution in [-0.2, 0) is 16.4 Å². The molecule has 1 atom stereocenters. The van der Waals surface area contributed by atoms with Gasteiger partial charge in [0.1, 0.15) is 0 Å². The summed E-state index contributed by atoms with van der Waals surface area (Å²) in [6.45, 7) is 0.892. The smallest absolute Gasteiger partial charge is 0.273 e. The largest absolute Gasteiger partial charge is 0.347 e. The first-order valence-electron chi connectivity index (χ1n) is 5.61. The van der Waals surface area contributed by atoms with Gasteiger partial charge in [-0.05, 0) is 6.42 Å². The maximum Gasteiger partial charge on any atom is 0.273 e. The summed E-state index contributed by atoms with van der Waals surface area (Å²) in [5, 5.41) is 10.1. The molecule has 0 aromatic carbocycles. The van der Waals surface area contributed by atoms with Crippen LogP contribution in [0.5, 0.6) is 0 Å². The van der Waals surface area contributed by atoms with Crippen molar-refractivity contribution in [2.45, 2.75) is 19.0 Å². The Morgan fingerprint density at radius 2 is 2.39 bits per heavy atom. The lowest BCUT2D eigenvalue weighted by atomic mass is 10.2. The molecule has 9 heteroatoms. The van der Waals surface area contributed by atoms with E-state index in [9.17, 15) is 13.2 Å². The average Bonchev–Trinajstić information content (AvgIpc) is 2.86. The number of nitrogens with zero attached hydrogens (tertiary/aromatic N) is 3. The van der Waals surface area contributed by atoms with E-state index >= 15 is 0 Å². The highest BCUT2D eigenvalue weighted by molar-refractivity contribution is 7.91. The van der Waals surface area contributed by atoms with Gasteiger partial charge < -0.3 is 11.1 Å². The van der Waals surface area contributed by atoms with Gasteiger partial charge in [0.25, 0.3) is 5.91 Å². The molecule has 3 N–H and O–H groups in total. The van der Waals surface area contributed by atoms with Crippen LogP contribution in [0.3, 0.4) is 0 Å². The molecule has 0 radical (unpaired) electrons. The zero-order valence-electron chi connectivity index (χ0n) is 9.74. The van der Waals surface area contributed by atoms with Crippen molar-refractivity contribution in [1.82, 2.24) is 20.3 Å². The molecule has 1 aliphatic rings. The van der Waals surface area contributed by atoms with E-state index < -0.39 is 15.7 Å². The number of carbonyl (C=O) groups is 1. The van der Waals surface area contributed by atoms with Crippen molar-refractivity contribution in [2.24, 2.45) is 5.73 Å². The predicted octanol–water partition coefficient (Wildman–Crippen LogP) is -1.85. The number of hydrogen-bond donors (Lipinski definition) is 2. The summed E-state index contributed by atoms with van der Waals surface area (Å²) in [7, 11) is -3.00. The van der Waals surface area contributed by atoms with Crippen molar-refractivity contribution in [3.8, 4) is 0 Å². The third kappa shape index (κ3) is 3.05. The zero-order chi connectivity index (χ0) is 13.2. The number of carbonyl (C=O) groups excluding carboxylic acids is 1. The topological polar surface area (TPSA) is 120 Å². The van der Waals surface area contributed by atoms with Crippen LogP contribution in [0.1, 0.15) is 16.9 Å². The molecule has 2 rings (SSSR count). The summed E-state index contributed by atoms with van der Waals surface area (Å²) in [5.74, 6) is -0.284. The second-order valence-electron chi connectivity index (χ2n) is 4.23. The summed E-state index contributed by atoms with van der Waals surface area (Å²) in [5.41, 5.74) is 5.53. The molecule has 100 valence electrons. The van der Waals surface area contributed by atoms with Gasteiger partial charge in [-0.3, -0.25) is 9.48 Å². The SMILES string of the molecule is NCCn1cc(C(=O)NC2CCS(=O)(=O)C2)nn1. The van der Waals surface area contributed by atoms with Crippen LogP contribution in [0.15, 0.2) is 6.20 Å². The Labute approximate surface area is 104 Å². The van der Waals surface area contributed by atoms with Crippen LogP contribution >= 0.6 is 0 Å². The molecule has 0 spiro atoms. The van der Waals surface area contributed by atoms with Gasteiger partial charge in [-0.15, -0.1) is 5.10 Å². The Morgan fingerprint density at radius 1 is 1.61 bits per heavy atom. The van der Waals surface area contributed by atoms with Crippen molar-refractivity contribution in [2.75, 3.05) is 18.1 Å². The second-order valence-corrected chi connectivity index (χ2v) is 6.46. The number of hydrogen-bond acceptors (Lipinski definition) is 6. The van der Waals surface area contributed by atoms with Gasteiger partial charge in [-0.2, -0.15) is 0 Å². The maximum absolute atomic E-state index is 11.8. The highest BCUT2D eigenvalue weighted by Crippen LogP contribution is 2.11. The first kappa shape index (κ1) is 13.0. The number of sulfone groups is 1. The van der Waals surface area contributed by atoms with Crippen molar-refractivity contribution >= 4 is 15.7 Å². The molecule has 8 nitrogen and oxygen atoms in total. The van der Waals surface area contributed by atoms with Crippen molar-refractivity contribution in [3.05, 3.63) is 11.9 Å². The second kappa shape index (κ2) is 5.02. The number of aromatic nitrogens is 3. The van der Waals surface area contributed by atoms with Crippen LogP contribution in [0.4, 0.5) is 0 Å². The summed E-state index contributed by atoms with van der Waals surface area (Å²) >= 11 is 0. The maximum atomic E-state index is 11.8. The van der Waals surface area contributed by atoms with Crippen LogP contribution < -0.4 is 11.1 Å². The lowest BCUT2D eigenvalue weighted by molar-refractivity contribution is 0.0936.